The Morgan fingerprint density at radius 1 is 0.290 bits per heavy atom. The first-order valence-corrected chi connectivity index (χ1v) is 23.6. The molecule has 0 fully saturated rings. The largest absolute Gasteiger partial charge is 0.456 e. The third-order valence-electron chi connectivity index (χ3n) is 13.6. The third kappa shape index (κ3) is 7.08. The Bertz CT molecular complexity index is 3940. The summed E-state index contributed by atoms with van der Waals surface area (Å²) in [6.45, 7) is 0. The molecule has 0 atom stereocenters. The van der Waals surface area contributed by atoms with Crippen LogP contribution < -0.4 is 4.90 Å². The minimum Gasteiger partial charge on any atom is -0.456 e. The summed E-state index contributed by atoms with van der Waals surface area (Å²) in [6.07, 6.45) is 0. The zero-order chi connectivity index (χ0) is 45.7. The summed E-state index contributed by atoms with van der Waals surface area (Å²) >= 11 is 0. The normalized spacial score (nSPS) is 11.5. The lowest BCUT2D eigenvalue weighted by atomic mass is 9.95. The van der Waals surface area contributed by atoms with E-state index in [4.69, 9.17) is 4.42 Å². The highest BCUT2D eigenvalue weighted by Gasteiger charge is 2.20. The van der Waals surface area contributed by atoms with Gasteiger partial charge in [-0.25, -0.2) is 0 Å². The maximum absolute atomic E-state index is 6.27. The molecule has 13 rings (SSSR count). The number of furan rings is 1. The number of fused-ring (bicyclic) bond motifs is 6. The minimum atomic E-state index is 0.899. The van der Waals surface area contributed by atoms with E-state index < -0.39 is 0 Å². The lowest BCUT2D eigenvalue weighted by Gasteiger charge is -2.28. The maximum atomic E-state index is 6.27. The first-order valence-electron chi connectivity index (χ1n) is 23.6. The SMILES string of the molecule is c1ccc(-c2ccc(-c3ccccc3N(c3ccc(-c4cccc(-c5cccc6oc7ccccc7c56)c4)cc3)c3ccc(-c4ccccc4-n4c5ccccc5c5ccccc54)cc3)cc2)cc1. The van der Waals surface area contributed by atoms with Crippen molar-refractivity contribution in [1.29, 1.82) is 0 Å². The molecule has 0 unspecified atom stereocenters. The van der Waals surface area contributed by atoms with E-state index in [-0.39, 0.29) is 0 Å². The van der Waals surface area contributed by atoms with Crippen LogP contribution in [-0.2, 0) is 0 Å². The molecule has 0 N–H and O–H groups in total. The van der Waals surface area contributed by atoms with E-state index in [1.54, 1.807) is 0 Å². The minimum absolute atomic E-state index is 0.899. The van der Waals surface area contributed by atoms with Gasteiger partial charge < -0.3 is 13.9 Å². The molecule has 13 aromatic rings. The van der Waals surface area contributed by atoms with Gasteiger partial charge in [-0.05, 0) is 111 Å². The van der Waals surface area contributed by atoms with Crippen molar-refractivity contribution in [3.63, 3.8) is 0 Å². The molecule has 69 heavy (non-hydrogen) atoms. The van der Waals surface area contributed by atoms with Crippen LogP contribution in [0.15, 0.2) is 271 Å². The Morgan fingerprint density at radius 2 is 0.754 bits per heavy atom. The smallest absolute Gasteiger partial charge is 0.136 e. The van der Waals surface area contributed by atoms with Gasteiger partial charge >= 0.3 is 0 Å². The molecule has 0 radical (unpaired) electrons. The topological polar surface area (TPSA) is 21.3 Å². The molecule has 0 spiro atoms. The van der Waals surface area contributed by atoms with Gasteiger partial charge in [-0.2, -0.15) is 0 Å². The fourth-order valence-electron chi connectivity index (χ4n) is 10.4. The molecule has 0 saturated heterocycles. The highest BCUT2D eigenvalue weighted by molar-refractivity contribution is 6.13. The lowest BCUT2D eigenvalue weighted by molar-refractivity contribution is 0.669. The Balaban J connectivity index is 0.908. The molecule has 0 aliphatic rings. The summed E-state index contributed by atoms with van der Waals surface area (Å²) in [5.74, 6) is 0. The van der Waals surface area contributed by atoms with Crippen LogP contribution in [0.4, 0.5) is 17.1 Å². The molecule has 2 aromatic heterocycles. The third-order valence-corrected chi connectivity index (χ3v) is 13.6. The molecular weight excluding hydrogens is 837 g/mol. The molecule has 3 heteroatoms. The first-order chi connectivity index (χ1) is 34.2. The number of rotatable bonds is 9. The standard InChI is InChI=1S/C66H44N2O/c1-2-16-45(17-3-1)46-32-34-48(35-33-46)54-20-4-9-26-60(54)67(52-40-36-47(37-41-52)50-18-14-19-51(44-50)56-25-15-31-65-66(56)59-24-8-13-30-64(59)69-65)53-42-38-49(39-43-53)55-21-5-10-27-61(55)68-62-28-11-6-22-57(62)58-23-7-12-29-63(58)68/h1-44H. The molecular formula is C66H44N2O. The Labute approximate surface area is 401 Å². The van der Waals surface area contributed by atoms with Gasteiger partial charge in [0.05, 0.1) is 22.4 Å². The summed E-state index contributed by atoms with van der Waals surface area (Å²) in [4.78, 5) is 2.40. The second kappa shape index (κ2) is 16.9. The van der Waals surface area contributed by atoms with Crippen LogP contribution in [0.2, 0.25) is 0 Å². The van der Waals surface area contributed by atoms with Gasteiger partial charge in [0.1, 0.15) is 11.2 Å². The summed E-state index contributed by atoms with van der Waals surface area (Å²) in [7, 11) is 0. The molecule has 2 heterocycles. The van der Waals surface area contributed by atoms with Crippen LogP contribution >= 0.6 is 0 Å². The fourth-order valence-corrected chi connectivity index (χ4v) is 10.4. The molecule has 0 amide bonds. The first kappa shape index (κ1) is 40.1. The predicted octanol–water partition coefficient (Wildman–Crippen LogP) is 18.5. The van der Waals surface area contributed by atoms with Crippen molar-refractivity contribution in [2.24, 2.45) is 0 Å². The summed E-state index contributed by atoms with van der Waals surface area (Å²) < 4.78 is 8.68. The summed E-state index contributed by atoms with van der Waals surface area (Å²) in [6, 6.07) is 96.1. The highest BCUT2D eigenvalue weighted by Crippen LogP contribution is 2.44. The number of aromatic nitrogens is 1. The molecule has 0 aliphatic heterocycles. The van der Waals surface area contributed by atoms with E-state index in [1.165, 1.54) is 38.5 Å². The van der Waals surface area contributed by atoms with Crippen molar-refractivity contribution in [3.05, 3.63) is 267 Å². The number of hydrogen-bond donors (Lipinski definition) is 0. The Kier molecular flexibility index (Phi) is 9.84. The zero-order valence-electron chi connectivity index (χ0n) is 37.7. The average molecular weight is 881 g/mol. The van der Waals surface area contributed by atoms with Crippen LogP contribution in [0.3, 0.4) is 0 Å². The van der Waals surface area contributed by atoms with E-state index in [9.17, 15) is 0 Å². The van der Waals surface area contributed by atoms with E-state index in [1.807, 2.05) is 12.1 Å². The predicted molar refractivity (Wildman–Crippen MR) is 290 cm³/mol. The van der Waals surface area contributed by atoms with E-state index in [2.05, 4.69) is 264 Å². The number of nitrogens with zero attached hydrogens (tertiary/aromatic N) is 2. The van der Waals surface area contributed by atoms with Crippen LogP contribution in [0.1, 0.15) is 0 Å². The van der Waals surface area contributed by atoms with E-state index in [0.717, 1.165) is 83.6 Å². The number of hydrogen-bond acceptors (Lipinski definition) is 2. The quantitative estimate of drug-likeness (QED) is 0.144. The molecule has 324 valence electrons. The average Bonchev–Trinajstić information content (AvgIpc) is 3.98. The molecule has 11 aromatic carbocycles. The molecule has 0 aliphatic carbocycles. The Hall–Kier alpha value is -9.18. The molecule has 0 saturated carbocycles. The van der Waals surface area contributed by atoms with Gasteiger partial charge in [-0.15, -0.1) is 0 Å². The fraction of sp³-hybridized carbons (Fsp3) is 0. The molecule has 0 bridgehead atoms. The second-order valence-corrected chi connectivity index (χ2v) is 17.6. The second-order valence-electron chi connectivity index (χ2n) is 17.6. The highest BCUT2D eigenvalue weighted by atomic mass is 16.3. The van der Waals surface area contributed by atoms with E-state index in [0.29, 0.717) is 0 Å². The van der Waals surface area contributed by atoms with Crippen LogP contribution in [0.5, 0.6) is 0 Å². The van der Waals surface area contributed by atoms with Gasteiger partial charge in [-0.1, -0.05) is 200 Å². The van der Waals surface area contributed by atoms with Crippen molar-refractivity contribution < 1.29 is 4.42 Å². The lowest BCUT2D eigenvalue weighted by Crippen LogP contribution is -2.11. The van der Waals surface area contributed by atoms with E-state index >= 15 is 0 Å². The van der Waals surface area contributed by atoms with Crippen molar-refractivity contribution in [2.45, 2.75) is 0 Å². The Morgan fingerprint density at radius 3 is 1.49 bits per heavy atom. The van der Waals surface area contributed by atoms with Gasteiger partial charge in [0.25, 0.3) is 0 Å². The monoisotopic (exact) mass is 880 g/mol. The maximum Gasteiger partial charge on any atom is 0.136 e. The van der Waals surface area contributed by atoms with Crippen molar-refractivity contribution in [3.8, 4) is 61.3 Å². The van der Waals surface area contributed by atoms with Crippen molar-refractivity contribution >= 4 is 60.8 Å². The summed E-state index contributed by atoms with van der Waals surface area (Å²) in [5.41, 5.74) is 20.2. The van der Waals surface area contributed by atoms with Crippen molar-refractivity contribution in [1.82, 2.24) is 4.57 Å². The zero-order valence-corrected chi connectivity index (χ0v) is 37.7. The van der Waals surface area contributed by atoms with Crippen LogP contribution in [0, 0.1) is 0 Å². The molecule has 3 nitrogen and oxygen atoms in total. The number of anilines is 3. The summed E-state index contributed by atoms with van der Waals surface area (Å²) in [5, 5.41) is 4.78. The van der Waals surface area contributed by atoms with Gasteiger partial charge in [0.15, 0.2) is 0 Å². The van der Waals surface area contributed by atoms with Gasteiger partial charge in [0.2, 0.25) is 0 Å². The van der Waals surface area contributed by atoms with Crippen molar-refractivity contribution in [2.75, 3.05) is 4.90 Å². The van der Waals surface area contributed by atoms with Crippen LogP contribution in [0.25, 0.3) is 105 Å². The van der Waals surface area contributed by atoms with Crippen LogP contribution in [-0.4, -0.2) is 4.57 Å². The van der Waals surface area contributed by atoms with Gasteiger partial charge in [-0.3, -0.25) is 0 Å². The number of benzene rings is 11. The van der Waals surface area contributed by atoms with Gasteiger partial charge in [0, 0.05) is 44.0 Å². The number of para-hydroxylation sites is 5.